The highest BCUT2D eigenvalue weighted by Gasteiger charge is 2.19. The van der Waals surface area contributed by atoms with Gasteiger partial charge >= 0.3 is 0 Å². The van der Waals surface area contributed by atoms with Gasteiger partial charge in [-0.15, -0.1) is 0 Å². The molecule has 5 heteroatoms. The van der Waals surface area contributed by atoms with Crippen LogP contribution in [0.1, 0.15) is 50.9 Å². The van der Waals surface area contributed by atoms with Crippen LogP contribution >= 0.6 is 0 Å². The van der Waals surface area contributed by atoms with E-state index < -0.39 is 0 Å². The van der Waals surface area contributed by atoms with Crippen LogP contribution in [0.4, 0.5) is 0 Å². The third kappa shape index (κ3) is 3.29. The zero-order valence-electron chi connectivity index (χ0n) is 11.4. The first-order chi connectivity index (χ1) is 8.85. The second-order valence-electron chi connectivity index (χ2n) is 4.84. The monoisotopic (exact) mass is 252 g/mol. The van der Waals surface area contributed by atoms with Gasteiger partial charge in [0, 0.05) is 13.2 Å². The minimum atomic E-state index is 0.276. The van der Waals surface area contributed by atoms with Crippen molar-refractivity contribution in [2.45, 2.75) is 57.7 Å². The molecule has 1 aromatic heterocycles. The predicted octanol–water partition coefficient (Wildman–Crippen LogP) is 1.91. The maximum absolute atomic E-state index is 5.78. The van der Waals surface area contributed by atoms with Gasteiger partial charge in [-0.3, -0.25) is 0 Å². The lowest BCUT2D eigenvalue weighted by Gasteiger charge is -2.24. The third-order valence-electron chi connectivity index (χ3n) is 3.66. The van der Waals surface area contributed by atoms with Crippen molar-refractivity contribution in [2.75, 3.05) is 13.7 Å². The molecule has 2 unspecified atom stereocenters. The molecular weight excluding hydrogens is 228 g/mol. The number of hydrogen-bond donors (Lipinski definition) is 1. The van der Waals surface area contributed by atoms with E-state index in [-0.39, 0.29) is 6.04 Å². The summed E-state index contributed by atoms with van der Waals surface area (Å²) >= 11 is 0. The number of nitrogens with zero attached hydrogens (tertiary/aromatic N) is 3. The Hall–Kier alpha value is -0.940. The fraction of sp³-hybridized carbons (Fsp3) is 0.846. The molecule has 1 aromatic rings. The average molecular weight is 252 g/mol. The molecule has 0 spiro atoms. The Kier molecular flexibility index (Phi) is 5.13. The molecule has 102 valence electrons. The molecule has 2 rings (SSSR count). The van der Waals surface area contributed by atoms with E-state index in [1.165, 1.54) is 19.3 Å². The molecule has 2 heterocycles. The van der Waals surface area contributed by atoms with Gasteiger partial charge < -0.3 is 10.1 Å². The highest BCUT2D eigenvalue weighted by molar-refractivity contribution is 4.94. The minimum Gasteiger partial charge on any atom is -0.378 e. The smallest absolute Gasteiger partial charge is 0.143 e. The Labute approximate surface area is 109 Å². The van der Waals surface area contributed by atoms with Gasteiger partial charge in [-0.1, -0.05) is 0 Å². The SMILES string of the molecule is CCn1ncnc1C(CCC1CCCCO1)NC. The summed E-state index contributed by atoms with van der Waals surface area (Å²) in [5, 5.41) is 7.57. The molecule has 18 heavy (non-hydrogen) atoms. The predicted molar refractivity (Wildman–Crippen MR) is 70.3 cm³/mol. The molecule has 0 bridgehead atoms. The van der Waals surface area contributed by atoms with Gasteiger partial charge in [0.15, 0.2) is 0 Å². The molecule has 0 radical (unpaired) electrons. The third-order valence-corrected chi connectivity index (χ3v) is 3.66. The standard InChI is InChI=1S/C13H24N4O/c1-3-17-13(15-10-16-17)12(14-2)8-7-11-6-4-5-9-18-11/h10-12,14H,3-9H2,1-2H3. The first kappa shape index (κ1) is 13.5. The van der Waals surface area contributed by atoms with E-state index in [2.05, 4.69) is 22.3 Å². The average Bonchev–Trinajstić information content (AvgIpc) is 2.89. The minimum absolute atomic E-state index is 0.276. The molecule has 1 N–H and O–H groups in total. The fourth-order valence-electron chi connectivity index (χ4n) is 2.58. The Bertz CT molecular complexity index is 347. The van der Waals surface area contributed by atoms with Crippen LogP contribution in [0, 0.1) is 0 Å². The van der Waals surface area contributed by atoms with Gasteiger partial charge in [0.05, 0.1) is 12.1 Å². The maximum Gasteiger partial charge on any atom is 0.143 e. The van der Waals surface area contributed by atoms with Crippen molar-refractivity contribution in [2.24, 2.45) is 0 Å². The molecule has 1 aliphatic rings. The molecule has 0 aliphatic carbocycles. The van der Waals surface area contributed by atoms with Crippen molar-refractivity contribution in [3.05, 3.63) is 12.2 Å². The van der Waals surface area contributed by atoms with Crippen LogP contribution < -0.4 is 5.32 Å². The molecule has 0 saturated carbocycles. The summed E-state index contributed by atoms with van der Waals surface area (Å²) in [5.74, 6) is 1.04. The van der Waals surface area contributed by atoms with Crippen molar-refractivity contribution in [1.82, 2.24) is 20.1 Å². The van der Waals surface area contributed by atoms with Crippen LogP contribution in [-0.2, 0) is 11.3 Å². The van der Waals surface area contributed by atoms with Gasteiger partial charge in [0.1, 0.15) is 12.2 Å². The summed E-state index contributed by atoms with van der Waals surface area (Å²) in [4.78, 5) is 4.37. The van der Waals surface area contributed by atoms with Crippen LogP contribution in [-0.4, -0.2) is 34.5 Å². The largest absolute Gasteiger partial charge is 0.378 e. The lowest BCUT2D eigenvalue weighted by atomic mass is 10.0. The van der Waals surface area contributed by atoms with Crippen molar-refractivity contribution >= 4 is 0 Å². The van der Waals surface area contributed by atoms with E-state index in [1.807, 2.05) is 11.7 Å². The second kappa shape index (κ2) is 6.85. The molecule has 1 fully saturated rings. The first-order valence-electron chi connectivity index (χ1n) is 7.01. The molecule has 1 aliphatic heterocycles. The number of hydrogen-bond acceptors (Lipinski definition) is 4. The van der Waals surface area contributed by atoms with Gasteiger partial charge in [0.25, 0.3) is 0 Å². The van der Waals surface area contributed by atoms with Crippen LogP contribution in [0.25, 0.3) is 0 Å². The Morgan fingerprint density at radius 3 is 3.11 bits per heavy atom. The van der Waals surface area contributed by atoms with Gasteiger partial charge in [-0.25, -0.2) is 9.67 Å². The molecule has 0 amide bonds. The number of ether oxygens (including phenoxy) is 1. The summed E-state index contributed by atoms with van der Waals surface area (Å²) in [7, 11) is 1.99. The topological polar surface area (TPSA) is 52.0 Å². The quantitative estimate of drug-likeness (QED) is 0.840. The van der Waals surface area contributed by atoms with Crippen molar-refractivity contribution in [1.29, 1.82) is 0 Å². The number of rotatable bonds is 6. The Morgan fingerprint density at radius 1 is 1.56 bits per heavy atom. The van der Waals surface area contributed by atoms with E-state index in [0.717, 1.165) is 31.8 Å². The van der Waals surface area contributed by atoms with Crippen LogP contribution in [0.15, 0.2) is 6.33 Å². The van der Waals surface area contributed by atoms with Gasteiger partial charge in [0.2, 0.25) is 0 Å². The van der Waals surface area contributed by atoms with Crippen LogP contribution in [0.5, 0.6) is 0 Å². The van der Waals surface area contributed by atoms with E-state index in [1.54, 1.807) is 6.33 Å². The lowest BCUT2D eigenvalue weighted by molar-refractivity contribution is 0.00846. The highest BCUT2D eigenvalue weighted by Crippen LogP contribution is 2.22. The summed E-state index contributed by atoms with van der Waals surface area (Å²) in [6, 6.07) is 0.276. The summed E-state index contributed by atoms with van der Waals surface area (Å²) in [6.07, 6.45) is 7.96. The maximum atomic E-state index is 5.78. The zero-order chi connectivity index (χ0) is 12.8. The van der Waals surface area contributed by atoms with E-state index in [9.17, 15) is 0 Å². The van der Waals surface area contributed by atoms with E-state index in [0.29, 0.717) is 6.10 Å². The van der Waals surface area contributed by atoms with Gasteiger partial charge in [-0.05, 0) is 46.1 Å². The summed E-state index contributed by atoms with van der Waals surface area (Å²) in [5.41, 5.74) is 0. The van der Waals surface area contributed by atoms with Crippen molar-refractivity contribution < 1.29 is 4.74 Å². The molecule has 0 aromatic carbocycles. The van der Waals surface area contributed by atoms with E-state index in [4.69, 9.17) is 4.74 Å². The molecule has 5 nitrogen and oxygen atoms in total. The number of aromatic nitrogens is 3. The second-order valence-corrected chi connectivity index (χ2v) is 4.84. The summed E-state index contributed by atoms with van der Waals surface area (Å²) in [6.45, 7) is 3.89. The number of nitrogens with one attached hydrogen (secondary N) is 1. The highest BCUT2D eigenvalue weighted by atomic mass is 16.5. The lowest BCUT2D eigenvalue weighted by Crippen LogP contribution is -2.25. The molecule has 2 atom stereocenters. The van der Waals surface area contributed by atoms with Crippen LogP contribution in [0.2, 0.25) is 0 Å². The normalized spacial score (nSPS) is 22.0. The van der Waals surface area contributed by atoms with Crippen molar-refractivity contribution in [3.63, 3.8) is 0 Å². The Morgan fingerprint density at radius 2 is 2.44 bits per heavy atom. The number of aryl methyl sites for hydroxylation is 1. The first-order valence-corrected chi connectivity index (χ1v) is 7.01. The summed E-state index contributed by atoms with van der Waals surface area (Å²) < 4.78 is 7.74. The molecular formula is C13H24N4O. The van der Waals surface area contributed by atoms with Crippen LogP contribution in [0.3, 0.4) is 0 Å². The van der Waals surface area contributed by atoms with Crippen molar-refractivity contribution in [3.8, 4) is 0 Å². The molecule has 1 saturated heterocycles. The Balaban J connectivity index is 1.88. The van der Waals surface area contributed by atoms with E-state index >= 15 is 0 Å². The zero-order valence-corrected chi connectivity index (χ0v) is 11.4. The fourth-order valence-corrected chi connectivity index (χ4v) is 2.58. The van der Waals surface area contributed by atoms with Gasteiger partial charge in [-0.2, -0.15) is 5.10 Å².